The van der Waals surface area contributed by atoms with Crippen molar-refractivity contribution in [3.05, 3.63) is 106 Å². The lowest BCUT2D eigenvalue weighted by molar-refractivity contribution is 0.0353. The van der Waals surface area contributed by atoms with Gasteiger partial charge in [-0.25, -0.2) is 0 Å². The first kappa shape index (κ1) is 24.1. The second kappa shape index (κ2) is 9.68. The molecule has 198 valence electrons. The van der Waals surface area contributed by atoms with Crippen molar-refractivity contribution in [2.75, 3.05) is 19.1 Å². The molecule has 0 bridgehead atoms. The van der Waals surface area contributed by atoms with Gasteiger partial charge >= 0.3 is 0 Å². The minimum absolute atomic E-state index is 0.419. The highest BCUT2D eigenvalue weighted by Crippen LogP contribution is 2.61. The summed E-state index contributed by atoms with van der Waals surface area (Å²) >= 11 is 0. The fourth-order valence-electron chi connectivity index (χ4n) is 7.17. The Morgan fingerprint density at radius 3 is 2.21 bits per heavy atom. The van der Waals surface area contributed by atoms with E-state index in [-0.39, 0.29) is 0 Å². The third-order valence-electron chi connectivity index (χ3n) is 8.91. The van der Waals surface area contributed by atoms with Gasteiger partial charge in [0.15, 0.2) is 0 Å². The third kappa shape index (κ3) is 3.96. The molecular weight excluding hydrogens is 482 g/mol. The van der Waals surface area contributed by atoms with Crippen molar-refractivity contribution in [2.45, 2.75) is 50.7 Å². The molecule has 2 atom stereocenters. The smallest absolute Gasteiger partial charge is 0.213 e. The van der Waals surface area contributed by atoms with Gasteiger partial charge in [-0.05, 0) is 121 Å². The van der Waals surface area contributed by atoms with E-state index in [0.717, 1.165) is 42.9 Å². The maximum atomic E-state index is 7.17. The molecular formula is C35H35NO3. The van der Waals surface area contributed by atoms with Crippen LogP contribution in [0.25, 0.3) is 12.2 Å². The van der Waals surface area contributed by atoms with Crippen molar-refractivity contribution in [2.24, 2.45) is 5.92 Å². The van der Waals surface area contributed by atoms with Gasteiger partial charge in [-0.1, -0.05) is 36.4 Å². The molecule has 1 spiro atoms. The van der Waals surface area contributed by atoms with Gasteiger partial charge in [0.05, 0.1) is 19.9 Å². The Labute approximate surface area is 231 Å². The quantitative estimate of drug-likeness (QED) is 0.348. The van der Waals surface area contributed by atoms with E-state index in [9.17, 15) is 0 Å². The Kier molecular flexibility index (Phi) is 5.99. The van der Waals surface area contributed by atoms with Crippen LogP contribution in [-0.2, 0) is 0 Å². The van der Waals surface area contributed by atoms with Gasteiger partial charge in [-0.15, -0.1) is 0 Å². The molecule has 3 aromatic rings. The first-order valence-corrected chi connectivity index (χ1v) is 14.2. The van der Waals surface area contributed by atoms with Crippen LogP contribution in [0.15, 0.2) is 95.2 Å². The van der Waals surface area contributed by atoms with Crippen LogP contribution in [-0.4, -0.2) is 19.9 Å². The van der Waals surface area contributed by atoms with Gasteiger partial charge in [0.1, 0.15) is 17.2 Å². The van der Waals surface area contributed by atoms with Crippen LogP contribution in [0.4, 0.5) is 5.69 Å². The molecule has 0 aromatic heterocycles. The first-order chi connectivity index (χ1) is 19.2. The topological polar surface area (TPSA) is 30.9 Å². The minimum Gasteiger partial charge on any atom is -0.497 e. The molecule has 2 aliphatic heterocycles. The molecule has 2 heterocycles. The predicted octanol–water partition coefficient (Wildman–Crippen LogP) is 8.41. The molecule has 0 unspecified atom stereocenters. The van der Waals surface area contributed by atoms with Crippen molar-refractivity contribution in [3.8, 4) is 17.2 Å². The Bertz CT molecular complexity index is 1480. The average molecular weight is 518 g/mol. The molecule has 7 rings (SSSR count). The van der Waals surface area contributed by atoms with Crippen LogP contribution in [0.5, 0.6) is 17.2 Å². The summed E-state index contributed by atoms with van der Waals surface area (Å²) in [6.45, 7) is 0. The van der Waals surface area contributed by atoms with E-state index >= 15 is 0 Å². The number of benzene rings is 3. The Hall–Kier alpha value is -3.92. The SMILES string of the molecule is COc1ccc(/C=C2\CCCC3=C2N2c4ccccc4O[C@@]24/C(=C/c2ccc(OC)cc2)CCC[C@@H]4C3)cc1. The van der Waals surface area contributed by atoms with Crippen molar-refractivity contribution in [1.29, 1.82) is 0 Å². The number of nitrogens with zero attached hydrogens (tertiary/aromatic N) is 1. The standard InChI is InChI=1S/C35H35NO3/c1-37-30-17-13-24(14-18-30)21-26-7-5-8-27-23-29-10-6-9-28(22-25-15-19-31(38-2)20-16-25)35(29)36(34(26)27)32-11-3-4-12-33(32)39-35/h3-4,11-22,29H,5-10,23H2,1-2H3/b26-21+,28-22+/t29-,35-/m1/s1. The molecule has 3 aromatic carbocycles. The van der Waals surface area contributed by atoms with E-state index in [1.54, 1.807) is 19.8 Å². The first-order valence-electron chi connectivity index (χ1n) is 14.2. The number of para-hydroxylation sites is 2. The highest BCUT2D eigenvalue weighted by atomic mass is 16.5. The van der Waals surface area contributed by atoms with E-state index < -0.39 is 5.72 Å². The summed E-state index contributed by atoms with van der Waals surface area (Å²) < 4.78 is 18.0. The normalized spacial score (nSPS) is 25.5. The van der Waals surface area contributed by atoms with Crippen LogP contribution < -0.4 is 19.1 Å². The Morgan fingerprint density at radius 2 is 1.49 bits per heavy atom. The van der Waals surface area contributed by atoms with Crippen LogP contribution in [0.2, 0.25) is 0 Å². The largest absolute Gasteiger partial charge is 0.497 e. The fourth-order valence-corrected chi connectivity index (χ4v) is 7.17. The number of fused-ring (bicyclic) bond motifs is 3. The monoisotopic (exact) mass is 517 g/mol. The van der Waals surface area contributed by atoms with Gasteiger partial charge in [0.2, 0.25) is 5.72 Å². The summed E-state index contributed by atoms with van der Waals surface area (Å²) in [6.07, 6.45) is 12.7. The van der Waals surface area contributed by atoms with Crippen LogP contribution in [0.1, 0.15) is 56.1 Å². The summed E-state index contributed by atoms with van der Waals surface area (Å²) in [7, 11) is 3.43. The molecule has 0 amide bonds. The van der Waals surface area contributed by atoms with Gasteiger partial charge in [0.25, 0.3) is 0 Å². The third-order valence-corrected chi connectivity index (χ3v) is 8.91. The number of rotatable bonds is 4. The van der Waals surface area contributed by atoms with Crippen molar-refractivity contribution in [3.63, 3.8) is 0 Å². The summed E-state index contributed by atoms with van der Waals surface area (Å²) in [5.74, 6) is 3.18. The number of anilines is 1. The Morgan fingerprint density at radius 1 is 0.795 bits per heavy atom. The van der Waals surface area contributed by atoms with Crippen LogP contribution in [0.3, 0.4) is 0 Å². The van der Waals surface area contributed by atoms with Gasteiger partial charge in [-0.2, -0.15) is 0 Å². The molecule has 0 N–H and O–H groups in total. The van der Waals surface area contributed by atoms with Gasteiger partial charge < -0.3 is 14.2 Å². The second-order valence-corrected chi connectivity index (χ2v) is 11.1. The average Bonchev–Trinajstić information content (AvgIpc) is 3.33. The number of ether oxygens (including phenoxy) is 3. The zero-order valence-electron chi connectivity index (χ0n) is 22.8. The van der Waals surface area contributed by atoms with Crippen LogP contribution in [0, 0.1) is 5.92 Å². The van der Waals surface area contributed by atoms with Crippen LogP contribution >= 0.6 is 0 Å². The van der Waals surface area contributed by atoms with E-state index in [4.69, 9.17) is 14.2 Å². The lowest BCUT2D eigenvalue weighted by atomic mass is 9.68. The lowest BCUT2D eigenvalue weighted by Crippen LogP contribution is -2.60. The van der Waals surface area contributed by atoms with Gasteiger partial charge in [-0.3, -0.25) is 4.90 Å². The lowest BCUT2D eigenvalue weighted by Gasteiger charge is -2.53. The zero-order chi connectivity index (χ0) is 26.4. The molecule has 2 aliphatic carbocycles. The fraction of sp³-hybridized carbons (Fsp3) is 0.314. The summed E-state index contributed by atoms with van der Waals surface area (Å²) in [6, 6.07) is 25.5. The van der Waals surface area contributed by atoms with Crippen molar-refractivity contribution >= 4 is 17.8 Å². The molecule has 4 aliphatic rings. The van der Waals surface area contributed by atoms with Gasteiger partial charge in [0, 0.05) is 11.6 Å². The summed E-state index contributed by atoms with van der Waals surface area (Å²) in [5, 5.41) is 0. The van der Waals surface area contributed by atoms with E-state index in [0.29, 0.717) is 5.92 Å². The predicted molar refractivity (Wildman–Crippen MR) is 157 cm³/mol. The maximum absolute atomic E-state index is 7.17. The highest BCUT2D eigenvalue weighted by Gasteiger charge is 2.59. The molecule has 0 radical (unpaired) electrons. The van der Waals surface area contributed by atoms with E-state index in [2.05, 4.69) is 65.6 Å². The van der Waals surface area contributed by atoms with E-state index in [1.807, 2.05) is 24.3 Å². The van der Waals surface area contributed by atoms with E-state index in [1.165, 1.54) is 52.9 Å². The van der Waals surface area contributed by atoms with Crippen molar-refractivity contribution in [1.82, 2.24) is 0 Å². The van der Waals surface area contributed by atoms with Crippen molar-refractivity contribution < 1.29 is 14.2 Å². The number of hydrogen-bond acceptors (Lipinski definition) is 4. The highest BCUT2D eigenvalue weighted by molar-refractivity contribution is 5.78. The molecule has 1 saturated carbocycles. The second-order valence-electron chi connectivity index (χ2n) is 11.1. The molecule has 4 nitrogen and oxygen atoms in total. The number of hydrogen-bond donors (Lipinski definition) is 0. The molecule has 0 saturated heterocycles. The summed E-state index contributed by atoms with van der Waals surface area (Å²) in [4.78, 5) is 2.61. The number of methoxy groups -OCH3 is 2. The minimum atomic E-state index is -0.489. The summed E-state index contributed by atoms with van der Waals surface area (Å²) in [5.41, 5.74) is 8.87. The molecule has 1 fully saturated rings. The zero-order valence-corrected chi connectivity index (χ0v) is 22.8. The Balaban J connectivity index is 1.39. The number of allylic oxidation sites excluding steroid dienone is 2. The molecule has 39 heavy (non-hydrogen) atoms. The maximum Gasteiger partial charge on any atom is 0.213 e. The molecule has 4 heteroatoms.